The summed E-state index contributed by atoms with van der Waals surface area (Å²) in [4.78, 5) is 0. The predicted octanol–water partition coefficient (Wildman–Crippen LogP) is 2.02. The maximum atomic E-state index is 9.37. The second-order valence-corrected chi connectivity index (χ2v) is 4.39. The summed E-state index contributed by atoms with van der Waals surface area (Å²) in [5.41, 5.74) is 3.29. The van der Waals surface area contributed by atoms with Gasteiger partial charge in [0.25, 0.3) is 0 Å². The molecule has 0 radical (unpaired) electrons. The van der Waals surface area contributed by atoms with Crippen molar-refractivity contribution in [3.05, 3.63) is 42.1 Å². The fourth-order valence-electron chi connectivity index (χ4n) is 1.89. The van der Waals surface area contributed by atoms with Gasteiger partial charge in [0.15, 0.2) is 0 Å². The Bertz CT molecular complexity index is 573. The Kier molecular flexibility index (Phi) is 3.97. The molecule has 100 valence electrons. The largest absolute Gasteiger partial charge is 0.497 e. The number of nitrogens with zero attached hydrogens (tertiary/aromatic N) is 3. The fourth-order valence-corrected chi connectivity index (χ4v) is 1.89. The summed E-state index contributed by atoms with van der Waals surface area (Å²) < 4.78 is 6.88. The zero-order chi connectivity index (χ0) is 13.8. The Morgan fingerprint density at radius 1 is 1.37 bits per heavy atom. The van der Waals surface area contributed by atoms with E-state index in [0.29, 0.717) is 12.2 Å². The summed E-state index contributed by atoms with van der Waals surface area (Å²) in [6.45, 7) is 6.24. The number of aliphatic hydroxyl groups is 1. The van der Waals surface area contributed by atoms with Crippen molar-refractivity contribution < 1.29 is 9.84 Å². The molecule has 1 aromatic heterocycles. The van der Waals surface area contributed by atoms with Crippen molar-refractivity contribution in [1.29, 1.82) is 0 Å². The summed E-state index contributed by atoms with van der Waals surface area (Å²) in [5, 5.41) is 17.4. The zero-order valence-corrected chi connectivity index (χ0v) is 11.1. The van der Waals surface area contributed by atoms with Gasteiger partial charge in [-0.2, -0.15) is 0 Å². The molecule has 0 aliphatic heterocycles. The molecule has 1 aromatic carbocycles. The molecule has 5 heteroatoms. The van der Waals surface area contributed by atoms with Crippen LogP contribution in [0, 0.1) is 0 Å². The maximum Gasteiger partial charge on any atom is 0.118 e. The van der Waals surface area contributed by atoms with E-state index in [-0.39, 0.29) is 6.61 Å². The van der Waals surface area contributed by atoms with Crippen LogP contribution in [0.2, 0.25) is 0 Å². The topological polar surface area (TPSA) is 60.2 Å². The maximum absolute atomic E-state index is 9.37. The van der Waals surface area contributed by atoms with Gasteiger partial charge in [-0.05, 0) is 31.2 Å². The van der Waals surface area contributed by atoms with Gasteiger partial charge in [0.1, 0.15) is 11.4 Å². The van der Waals surface area contributed by atoms with E-state index in [0.717, 1.165) is 22.6 Å². The highest BCUT2D eigenvalue weighted by atomic mass is 16.5. The van der Waals surface area contributed by atoms with E-state index < -0.39 is 0 Å². The third kappa shape index (κ3) is 2.82. The Hall–Kier alpha value is -2.14. The lowest BCUT2D eigenvalue weighted by Crippen LogP contribution is -2.04. The summed E-state index contributed by atoms with van der Waals surface area (Å²) in [6, 6.07) is 7.58. The van der Waals surface area contributed by atoms with Crippen LogP contribution < -0.4 is 4.74 Å². The first-order chi connectivity index (χ1) is 9.15. The highest BCUT2D eigenvalue weighted by molar-refractivity contribution is 5.62. The Labute approximate surface area is 112 Å². The van der Waals surface area contributed by atoms with Gasteiger partial charge >= 0.3 is 0 Å². The smallest absolute Gasteiger partial charge is 0.118 e. The van der Waals surface area contributed by atoms with E-state index >= 15 is 0 Å². The molecular weight excluding hydrogens is 242 g/mol. The second-order valence-electron chi connectivity index (χ2n) is 4.39. The normalized spacial score (nSPS) is 10.5. The minimum Gasteiger partial charge on any atom is -0.497 e. The van der Waals surface area contributed by atoms with Crippen LogP contribution in [0.15, 0.2) is 36.4 Å². The third-order valence-corrected chi connectivity index (χ3v) is 2.74. The minimum absolute atomic E-state index is 0.141. The van der Waals surface area contributed by atoms with Gasteiger partial charge < -0.3 is 9.84 Å². The van der Waals surface area contributed by atoms with Gasteiger partial charge in [-0.3, -0.25) is 0 Å². The van der Waals surface area contributed by atoms with Crippen LogP contribution in [-0.2, 0) is 13.2 Å². The fraction of sp³-hybridized carbons (Fsp3) is 0.286. The van der Waals surface area contributed by atoms with Crippen molar-refractivity contribution in [3.63, 3.8) is 0 Å². The molecule has 1 heterocycles. The number of ether oxygens (including phenoxy) is 1. The highest BCUT2D eigenvalue weighted by Gasteiger charge is 2.14. The van der Waals surface area contributed by atoms with Crippen LogP contribution in [-0.4, -0.2) is 27.2 Å². The van der Waals surface area contributed by atoms with Gasteiger partial charge in [-0.15, -0.1) is 5.10 Å². The predicted molar refractivity (Wildman–Crippen MR) is 72.7 cm³/mol. The Morgan fingerprint density at radius 3 is 2.58 bits per heavy atom. The summed E-state index contributed by atoms with van der Waals surface area (Å²) in [5.74, 6) is 0.785. The van der Waals surface area contributed by atoms with Gasteiger partial charge in [0.05, 0.1) is 26.0 Å². The van der Waals surface area contributed by atoms with Crippen LogP contribution in [0.25, 0.3) is 11.3 Å². The quantitative estimate of drug-likeness (QED) is 0.834. The van der Waals surface area contributed by atoms with Crippen molar-refractivity contribution in [1.82, 2.24) is 15.0 Å². The molecule has 0 saturated heterocycles. The third-order valence-electron chi connectivity index (χ3n) is 2.74. The molecule has 0 amide bonds. The molecule has 0 atom stereocenters. The first-order valence-corrected chi connectivity index (χ1v) is 5.97. The van der Waals surface area contributed by atoms with Crippen molar-refractivity contribution in [2.75, 3.05) is 7.11 Å². The standard InChI is InChI=1S/C14H17N3O2/c1-10(2)8-17-14(13(9-18)15-16-17)11-4-6-12(19-3)7-5-11/h4-7,18H,1,8-9H2,2-3H3. The summed E-state index contributed by atoms with van der Waals surface area (Å²) in [7, 11) is 1.63. The first-order valence-electron chi connectivity index (χ1n) is 5.97. The summed E-state index contributed by atoms with van der Waals surface area (Å²) in [6.07, 6.45) is 0. The van der Waals surface area contributed by atoms with Crippen molar-refractivity contribution in [2.45, 2.75) is 20.1 Å². The average Bonchev–Trinajstić information content (AvgIpc) is 2.81. The molecule has 0 saturated carbocycles. The van der Waals surface area contributed by atoms with Crippen LogP contribution >= 0.6 is 0 Å². The molecule has 2 aromatic rings. The van der Waals surface area contributed by atoms with E-state index in [2.05, 4.69) is 16.9 Å². The number of methoxy groups -OCH3 is 1. The van der Waals surface area contributed by atoms with Gasteiger partial charge in [-0.25, -0.2) is 4.68 Å². The SMILES string of the molecule is C=C(C)Cn1nnc(CO)c1-c1ccc(OC)cc1. The van der Waals surface area contributed by atoms with Gasteiger partial charge in [-0.1, -0.05) is 17.4 Å². The van der Waals surface area contributed by atoms with Crippen LogP contribution in [0.5, 0.6) is 5.75 Å². The molecule has 2 rings (SSSR count). The van der Waals surface area contributed by atoms with E-state index in [4.69, 9.17) is 4.74 Å². The number of aromatic nitrogens is 3. The van der Waals surface area contributed by atoms with Crippen LogP contribution in [0.1, 0.15) is 12.6 Å². The molecule has 0 fully saturated rings. The molecule has 0 bridgehead atoms. The number of aliphatic hydroxyl groups excluding tert-OH is 1. The van der Waals surface area contributed by atoms with E-state index in [1.165, 1.54) is 0 Å². The number of benzene rings is 1. The lowest BCUT2D eigenvalue weighted by molar-refractivity contribution is 0.277. The van der Waals surface area contributed by atoms with Crippen LogP contribution in [0.4, 0.5) is 0 Å². The molecule has 0 aliphatic carbocycles. The zero-order valence-electron chi connectivity index (χ0n) is 11.1. The molecule has 0 unspecified atom stereocenters. The number of hydrogen-bond donors (Lipinski definition) is 1. The van der Waals surface area contributed by atoms with Gasteiger partial charge in [0, 0.05) is 5.56 Å². The van der Waals surface area contributed by atoms with E-state index in [1.807, 2.05) is 31.2 Å². The van der Waals surface area contributed by atoms with E-state index in [1.54, 1.807) is 11.8 Å². The first kappa shape index (κ1) is 13.3. The molecule has 0 aliphatic rings. The van der Waals surface area contributed by atoms with Gasteiger partial charge in [0.2, 0.25) is 0 Å². The van der Waals surface area contributed by atoms with Crippen LogP contribution in [0.3, 0.4) is 0 Å². The molecule has 5 nitrogen and oxygen atoms in total. The molecule has 1 N–H and O–H groups in total. The minimum atomic E-state index is -0.141. The van der Waals surface area contributed by atoms with Crippen molar-refractivity contribution in [3.8, 4) is 17.0 Å². The monoisotopic (exact) mass is 259 g/mol. The lowest BCUT2D eigenvalue weighted by Gasteiger charge is -2.08. The Balaban J connectivity index is 2.45. The Morgan fingerprint density at radius 2 is 2.05 bits per heavy atom. The number of allylic oxidation sites excluding steroid dienone is 1. The molecular formula is C14H17N3O2. The van der Waals surface area contributed by atoms with Crippen molar-refractivity contribution >= 4 is 0 Å². The molecule has 19 heavy (non-hydrogen) atoms. The lowest BCUT2D eigenvalue weighted by atomic mass is 10.1. The van der Waals surface area contributed by atoms with E-state index in [9.17, 15) is 5.11 Å². The summed E-state index contributed by atoms with van der Waals surface area (Å²) >= 11 is 0. The number of rotatable bonds is 5. The van der Waals surface area contributed by atoms with Crippen molar-refractivity contribution in [2.24, 2.45) is 0 Å². The average molecular weight is 259 g/mol. The highest BCUT2D eigenvalue weighted by Crippen LogP contribution is 2.25. The second kappa shape index (κ2) is 5.67. The molecule has 0 spiro atoms. The number of hydrogen-bond acceptors (Lipinski definition) is 4.